The Morgan fingerprint density at radius 1 is 0.429 bits per heavy atom. The summed E-state index contributed by atoms with van der Waals surface area (Å²) < 4.78 is 2.60. The van der Waals surface area contributed by atoms with Crippen LogP contribution in [0.4, 0.5) is 17.1 Å². The molecule has 0 spiro atoms. The van der Waals surface area contributed by atoms with E-state index in [4.69, 9.17) is 0 Å². The summed E-state index contributed by atoms with van der Waals surface area (Å²) in [6, 6.07) is 60.8. The lowest BCUT2D eigenvalue weighted by Crippen LogP contribution is -2.17. The van der Waals surface area contributed by atoms with Crippen molar-refractivity contribution in [3.63, 3.8) is 0 Å². The van der Waals surface area contributed by atoms with Gasteiger partial charge in [0.1, 0.15) is 0 Å². The Labute approximate surface area is 290 Å². The number of hydrogen-bond donors (Lipinski definition) is 0. The van der Waals surface area contributed by atoms with Gasteiger partial charge in [-0.3, -0.25) is 0 Å². The van der Waals surface area contributed by atoms with E-state index in [1.54, 1.807) is 0 Å². The molecule has 8 aromatic carbocycles. The highest BCUT2D eigenvalue weighted by atomic mass is 32.1. The summed E-state index contributed by atoms with van der Waals surface area (Å²) in [5.41, 5.74) is 11.3. The van der Waals surface area contributed by atoms with E-state index in [0.717, 1.165) is 5.69 Å². The van der Waals surface area contributed by atoms with Crippen LogP contribution in [0.2, 0.25) is 0 Å². The number of hydrogen-bond acceptors (Lipinski definition) is 2. The molecule has 1 aromatic heterocycles. The van der Waals surface area contributed by atoms with Gasteiger partial charge in [-0.1, -0.05) is 141 Å². The molecule has 10 rings (SSSR count). The maximum atomic E-state index is 2.54. The van der Waals surface area contributed by atoms with E-state index < -0.39 is 0 Å². The van der Waals surface area contributed by atoms with Crippen LogP contribution in [0.3, 0.4) is 0 Å². The molecule has 2 heteroatoms. The van der Waals surface area contributed by atoms with Crippen LogP contribution in [-0.4, -0.2) is 0 Å². The van der Waals surface area contributed by atoms with E-state index in [1.165, 1.54) is 86.5 Å². The highest BCUT2D eigenvalue weighted by Crippen LogP contribution is 2.53. The lowest BCUT2D eigenvalue weighted by Gasteiger charge is -2.31. The molecule has 0 fully saturated rings. The van der Waals surface area contributed by atoms with Gasteiger partial charge < -0.3 is 4.90 Å². The van der Waals surface area contributed by atoms with Crippen LogP contribution in [0, 0.1) is 0 Å². The first-order valence-electron chi connectivity index (χ1n) is 17.0. The number of rotatable bonds is 4. The predicted molar refractivity (Wildman–Crippen MR) is 212 cm³/mol. The molecule has 232 valence electrons. The van der Waals surface area contributed by atoms with E-state index in [-0.39, 0.29) is 5.41 Å². The van der Waals surface area contributed by atoms with Gasteiger partial charge in [-0.05, 0) is 80.4 Å². The van der Waals surface area contributed by atoms with Crippen LogP contribution in [-0.2, 0) is 5.41 Å². The number of benzene rings is 8. The van der Waals surface area contributed by atoms with Crippen molar-refractivity contribution in [2.75, 3.05) is 4.90 Å². The van der Waals surface area contributed by atoms with Crippen molar-refractivity contribution in [2.45, 2.75) is 19.3 Å². The Bertz CT molecular complexity index is 2750. The smallest absolute Gasteiger partial charge is 0.0554 e. The molecular weight excluding hydrogens is 611 g/mol. The van der Waals surface area contributed by atoms with E-state index in [1.807, 2.05) is 11.3 Å². The van der Waals surface area contributed by atoms with Gasteiger partial charge in [0.2, 0.25) is 0 Å². The molecule has 49 heavy (non-hydrogen) atoms. The third kappa shape index (κ3) is 4.24. The fourth-order valence-corrected chi connectivity index (χ4v) is 9.37. The summed E-state index contributed by atoms with van der Waals surface area (Å²) in [4.78, 5) is 2.54. The fourth-order valence-electron chi connectivity index (χ4n) is 8.25. The molecule has 0 saturated carbocycles. The van der Waals surface area contributed by atoms with Gasteiger partial charge in [-0.2, -0.15) is 0 Å². The molecule has 0 saturated heterocycles. The summed E-state index contributed by atoms with van der Waals surface area (Å²) >= 11 is 1.88. The maximum absolute atomic E-state index is 2.54. The number of nitrogens with zero attached hydrogens (tertiary/aromatic N) is 1. The zero-order valence-electron chi connectivity index (χ0n) is 27.4. The lowest BCUT2D eigenvalue weighted by molar-refractivity contribution is 0.660. The van der Waals surface area contributed by atoms with Gasteiger partial charge in [0.25, 0.3) is 0 Å². The molecule has 1 nitrogen and oxygen atoms in total. The molecule has 1 aliphatic carbocycles. The Morgan fingerprint density at radius 3 is 1.96 bits per heavy atom. The molecule has 0 N–H and O–H groups in total. The molecule has 1 aliphatic rings. The van der Waals surface area contributed by atoms with Gasteiger partial charge in [0, 0.05) is 42.2 Å². The van der Waals surface area contributed by atoms with E-state index in [0.29, 0.717) is 0 Å². The fraction of sp³-hybridized carbons (Fsp3) is 0.0638. The molecule has 0 bridgehead atoms. The zero-order valence-corrected chi connectivity index (χ0v) is 28.3. The zero-order chi connectivity index (χ0) is 32.7. The van der Waals surface area contributed by atoms with Crippen LogP contribution < -0.4 is 4.90 Å². The maximum Gasteiger partial charge on any atom is 0.0554 e. The average Bonchev–Trinajstić information content (AvgIpc) is 3.63. The first-order chi connectivity index (χ1) is 24.1. The Hall–Kier alpha value is -5.70. The Kier molecular flexibility index (Phi) is 6.16. The minimum Gasteiger partial charge on any atom is -0.309 e. The van der Waals surface area contributed by atoms with Crippen molar-refractivity contribution in [3.05, 3.63) is 175 Å². The normalized spacial score (nSPS) is 13.3. The van der Waals surface area contributed by atoms with Gasteiger partial charge in [0.15, 0.2) is 0 Å². The van der Waals surface area contributed by atoms with Crippen LogP contribution in [0.25, 0.3) is 64.0 Å². The summed E-state index contributed by atoms with van der Waals surface area (Å²) in [5, 5.41) is 7.62. The molecule has 0 aliphatic heterocycles. The summed E-state index contributed by atoms with van der Waals surface area (Å²) in [6.07, 6.45) is 0. The van der Waals surface area contributed by atoms with Crippen molar-refractivity contribution >= 4 is 70.1 Å². The van der Waals surface area contributed by atoms with Crippen LogP contribution in [0.1, 0.15) is 25.0 Å². The summed E-state index contributed by atoms with van der Waals surface area (Å²) in [5.74, 6) is 0. The van der Waals surface area contributed by atoms with E-state index in [2.05, 4.69) is 183 Å². The number of anilines is 3. The average molecular weight is 644 g/mol. The Morgan fingerprint density at radius 2 is 1.10 bits per heavy atom. The topological polar surface area (TPSA) is 3.24 Å². The molecule has 0 radical (unpaired) electrons. The number of thiophene rings is 1. The van der Waals surface area contributed by atoms with Crippen molar-refractivity contribution in [3.8, 4) is 22.3 Å². The third-order valence-electron chi connectivity index (χ3n) is 10.6. The first kappa shape index (κ1) is 28.3. The predicted octanol–water partition coefficient (Wildman–Crippen LogP) is 13.8. The van der Waals surface area contributed by atoms with Crippen LogP contribution in [0.15, 0.2) is 164 Å². The largest absolute Gasteiger partial charge is 0.309 e. The second kappa shape index (κ2) is 10.7. The van der Waals surface area contributed by atoms with Gasteiger partial charge in [-0.15, -0.1) is 11.3 Å². The van der Waals surface area contributed by atoms with Gasteiger partial charge in [-0.25, -0.2) is 0 Å². The molecule has 0 amide bonds. The lowest BCUT2D eigenvalue weighted by atomic mass is 9.82. The van der Waals surface area contributed by atoms with Crippen molar-refractivity contribution in [1.29, 1.82) is 0 Å². The molecule has 0 unspecified atom stereocenters. The van der Waals surface area contributed by atoms with E-state index in [9.17, 15) is 0 Å². The highest BCUT2D eigenvalue weighted by molar-refractivity contribution is 7.25. The monoisotopic (exact) mass is 643 g/mol. The third-order valence-corrected chi connectivity index (χ3v) is 11.8. The van der Waals surface area contributed by atoms with Gasteiger partial charge in [0.05, 0.1) is 11.4 Å². The summed E-state index contributed by atoms with van der Waals surface area (Å²) in [6.45, 7) is 4.74. The Balaban J connectivity index is 1.33. The number of fused-ring (bicyclic) bond motifs is 9. The molecule has 1 heterocycles. The second-order valence-electron chi connectivity index (χ2n) is 13.7. The molecule has 9 aromatic rings. The van der Waals surface area contributed by atoms with Gasteiger partial charge >= 0.3 is 0 Å². The van der Waals surface area contributed by atoms with Crippen LogP contribution in [0.5, 0.6) is 0 Å². The van der Waals surface area contributed by atoms with Crippen molar-refractivity contribution < 1.29 is 0 Å². The SMILES string of the molecule is CC1(C)c2ccccc2-c2ccc(N(c3cc4sc5ccccc5c4cc3-c3ccccc3)c3cc4ccccc4c4ccccc34)cc21. The van der Waals surface area contributed by atoms with E-state index >= 15 is 0 Å². The van der Waals surface area contributed by atoms with Crippen molar-refractivity contribution in [1.82, 2.24) is 0 Å². The molecular formula is C47H33NS. The quantitative estimate of drug-likeness (QED) is 0.173. The molecule has 0 atom stereocenters. The minimum atomic E-state index is -0.114. The highest BCUT2D eigenvalue weighted by Gasteiger charge is 2.36. The van der Waals surface area contributed by atoms with Crippen molar-refractivity contribution in [2.24, 2.45) is 0 Å². The standard InChI is InChI=1S/C47H33NS/c1-47(2)41-22-12-10-19-35(41)36-25-24-32(27-42(36)47)48(43-26-31-16-6-7-17-33(31)34-18-8-9-20-37(34)43)44-29-46-40(38-21-11-13-23-45(38)49-46)28-39(44)30-14-4-3-5-15-30/h3-29H,1-2H3. The first-order valence-corrected chi connectivity index (χ1v) is 17.8. The second-order valence-corrected chi connectivity index (χ2v) is 14.8. The van der Waals surface area contributed by atoms with Crippen LogP contribution >= 0.6 is 11.3 Å². The summed E-state index contributed by atoms with van der Waals surface area (Å²) in [7, 11) is 0. The minimum absolute atomic E-state index is 0.114.